The molecule has 0 radical (unpaired) electrons. The molecule has 0 saturated heterocycles. The lowest BCUT2D eigenvalue weighted by Gasteiger charge is -2.32. The van der Waals surface area contributed by atoms with Crippen LogP contribution in [0.15, 0.2) is 78.9 Å². The van der Waals surface area contributed by atoms with Crippen molar-refractivity contribution in [1.82, 2.24) is 10.2 Å². The summed E-state index contributed by atoms with van der Waals surface area (Å²) in [5.74, 6) is 0.340. The second kappa shape index (κ2) is 12.2. The molecule has 5 nitrogen and oxygen atoms in total. The molecule has 0 aromatic heterocycles. The maximum Gasteiger partial charge on any atom is 0.243 e. The summed E-state index contributed by atoms with van der Waals surface area (Å²) in [4.78, 5) is 28.7. The molecule has 178 valence electrons. The quantitative estimate of drug-likeness (QED) is 0.443. The van der Waals surface area contributed by atoms with Gasteiger partial charge in [-0.05, 0) is 48.7 Å². The van der Waals surface area contributed by atoms with E-state index in [4.69, 9.17) is 16.3 Å². The number of nitrogens with zero attached hydrogens (tertiary/aromatic N) is 1. The van der Waals surface area contributed by atoms with E-state index in [-0.39, 0.29) is 30.8 Å². The van der Waals surface area contributed by atoms with Crippen LogP contribution in [-0.4, -0.2) is 35.9 Å². The molecule has 0 spiro atoms. The molecule has 34 heavy (non-hydrogen) atoms. The summed E-state index contributed by atoms with van der Waals surface area (Å²) >= 11 is 6.35. The van der Waals surface area contributed by atoms with Crippen LogP contribution in [0.5, 0.6) is 5.75 Å². The number of hydrogen-bond acceptors (Lipinski definition) is 3. The van der Waals surface area contributed by atoms with Gasteiger partial charge in [0, 0.05) is 24.0 Å². The molecule has 0 unspecified atom stereocenters. The molecule has 0 aliphatic carbocycles. The standard InChI is InChI=1S/C28H31ClN2O3/c1-20(2)30-28(33)26(17-21-10-5-4-6-11-21)31(19-22-12-9-14-24(16-22)34-3)27(32)18-23-13-7-8-15-25(23)29/h4-16,20,26H,17-19H2,1-3H3,(H,30,33)/t26-/m1/s1. The smallest absolute Gasteiger partial charge is 0.243 e. The van der Waals surface area contributed by atoms with Crippen LogP contribution in [0, 0.1) is 0 Å². The first-order valence-corrected chi connectivity index (χ1v) is 11.7. The Morgan fingerprint density at radius 2 is 1.62 bits per heavy atom. The van der Waals surface area contributed by atoms with E-state index < -0.39 is 6.04 Å². The van der Waals surface area contributed by atoms with Crippen molar-refractivity contribution in [3.63, 3.8) is 0 Å². The van der Waals surface area contributed by atoms with E-state index in [0.29, 0.717) is 17.2 Å². The maximum atomic E-state index is 13.7. The van der Waals surface area contributed by atoms with Crippen LogP contribution in [0.1, 0.15) is 30.5 Å². The van der Waals surface area contributed by atoms with Crippen LogP contribution < -0.4 is 10.1 Å². The number of carbonyl (C=O) groups is 2. The van der Waals surface area contributed by atoms with Crippen molar-refractivity contribution in [3.05, 3.63) is 101 Å². The summed E-state index contributed by atoms with van der Waals surface area (Å²) in [6.45, 7) is 4.09. The molecular formula is C28H31ClN2O3. The molecule has 3 aromatic carbocycles. The number of halogens is 1. The van der Waals surface area contributed by atoms with E-state index in [9.17, 15) is 9.59 Å². The minimum Gasteiger partial charge on any atom is -0.497 e. The van der Waals surface area contributed by atoms with Gasteiger partial charge < -0.3 is 15.0 Å². The van der Waals surface area contributed by atoms with E-state index in [1.54, 1.807) is 18.1 Å². The number of rotatable bonds is 10. The van der Waals surface area contributed by atoms with Gasteiger partial charge in [0.15, 0.2) is 0 Å². The van der Waals surface area contributed by atoms with Crippen molar-refractivity contribution in [3.8, 4) is 5.75 Å². The first kappa shape index (κ1) is 25.3. The average Bonchev–Trinajstić information content (AvgIpc) is 2.83. The summed E-state index contributed by atoms with van der Waals surface area (Å²) in [7, 11) is 1.60. The molecule has 1 atom stereocenters. The van der Waals surface area contributed by atoms with Crippen LogP contribution in [0.2, 0.25) is 5.02 Å². The third-order valence-electron chi connectivity index (χ3n) is 5.49. The summed E-state index contributed by atoms with van der Waals surface area (Å²) in [6.07, 6.45) is 0.502. The van der Waals surface area contributed by atoms with E-state index >= 15 is 0 Å². The predicted molar refractivity (Wildman–Crippen MR) is 136 cm³/mol. The van der Waals surface area contributed by atoms with Crippen LogP contribution in [0.4, 0.5) is 0 Å². The Morgan fingerprint density at radius 3 is 2.29 bits per heavy atom. The van der Waals surface area contributed by atoms with E-state index in [2.05, 4.69) is 5.32 Å². The fourth-order valence-electron chi connectivity index (χ4n) is 3.81. The lowest BCUT2D eigenvalue weighted by atomic mass is 10.0. The Balaban J connectivity index is 1.99. The van der Waals surface area contributed by atoms with Crippen molar-refractivity contribution >= 4 is 23.4 Å². The second-order valence-corrected chi connectivity index (χ2v) is 8.92. The highest BCUT2D eigenvalue weighted by Gasteiger charge is 2.31. The number of hydrogen-bond donors (Lipinski definition) is 1. The monoisotopic (exact) mass is 478 g/mol. The summed E-state index contributed by atoms with van der Waals surface area (Å²) in [5.41, 5.74) is 2.59. The summed E-state index contributed by atoms with van der Waals surface area (Å²) in [5, 5.41) is 3.53. The molecule has 0 aliphatic rings. The lowest BCUT2D eigenvalue weighted by molar-refractivity contribution is -0.141. The number of amides is 2. The molecule has 2 amide bonds. The van der Waals surface area contributed by atoms with Gasteiger partial charge in [0.2, 0.25) is 11.8 Å². The predicted octanol–water partition coefficient (Wildman–Crippen LogP) is 5.06. The highest BCUT2D eigenvalue weighted by molar-refractivity contribution is 6.31. The van der Waals surface area contributed by atoms with Crippen molar-refractivity contribution in [2.45, 2.75) is 45.3 Å². The molecule has 1 N–H and O–H groups in total. The summed E-state index contributed by atoms with van der Waals surface area (Å²) in [6, 6.07) is 23.8. The maximum absolute atomic E-state index is 13.7. The van der Waals surface area contributed by atoms with Gasteiger partial charge in [0.25, 0.3) is 0 Å². The zero-order chi connectivity index (χ0) is 24.5. The highest BCUT2D eigenvalue weighted by Crippen LogP contribution is 2.21. The molecule has 0 aliphatic heterocycles. The molecule has 3 rings (SSSR count). The van der Waals surface area contributed by atoms with Crippen LogP contribution in [0.25, 0.3) is 0 Å². The molecule has 6 heteroatoms. The second-order valence-electron chi connectivity index (χ2n) is 8.51. The molecule has 3 aromatic rings. The Kier molecular flexibility index (Phi) is 9.11. The Labute approximate surface area is 206 Å². The molecule has 0 fully saturated rings. The third-order valence-corrected chi connectivity index (χ3v) is 5.86. The van der Waals surface area contributed by atoms with Gasteiger partial charge in [-0.25, -0.2) is 0 Å². The number of methoxy groups -OCH3 is 1. The van der Waals surface area contributed by atoms with Gasteiger partial charge >= 0.3 is 0 Å². The SMILES string of the molecule is COc1cccc(CN(C(=O)Cc2ccccc2Cl)[C@H](Cc2ccccc2)C(=O)NC(C)C)c1. The van der Waals surface area contributed by atoms with Crippen molar-refractivity contribution in [1.29, 1.82) is 0 Å². The molecular weight excluding hydrogens is 448 g/mol. The molecule has 0 saturated carbocycles. The average molecular weight is 479 g/mol. The lowest BCUT2D eigenvalue weighted by Crippen LogP contribution is -2.52. The summed E-state index contributed by atoms with van der Waals surface area (Å²) < 4.78 is 5.36. The normalized spacial score (nSPS) is 11.7. The van der Waals surface area contributed by atoms with E-state index in [1.807, 2.05) is 86.6 Å². The minimum atomic E-state index is -0.689. The molecule has 0 heterocycles. The van der Waals surface area contributed by atoms with Crippen molar-refractivity contribution in [2.24, 2.45) is 0 Å². The van der Waals surface area contributed by atoms with Crippen LogP contribution in [-0.2, 0) is 29.0 Å². The topological polar surface area (TPSA) is 58.6 Å². The first-order valence-electron chi connectivity index (χ1n) is 11.4. The van der Waals surface area contributed by atoms with Crippen LogP contribution >= 0.6 is 11.6 Å². The van der Waals surface area contributed by atoms with Crippen molar-refractivity contribution < 1.29 is 14.3 Å². The number of carbonyl (C=O) groups excluding carboxylic acids is 2. The van der Waals surface area contributed by atoms with Gasteiger partial charge in [0.1, 0.15) is 11.8 Å². The fraction of sp³-hybridized carbons (Fsp3) is 0.286. The van der Waals surface area contributed by atoms with Crippen molar-refractivity contribution in [2.75, 3.05) is 7.11 Å². The fourth-order valence-corrected chi connectivity index (χ4v) is 4.01. The largest absolute Gasteiger partial charge is 0.497 e. The Bertz CT molecular complexity index is 1100. The van der Waals surface area contributed by atoms with Gasteiger partial charge in [-0.15, -0.1) is 0 Å². The van der Waals surface area contributed by atoms with E-state index in [1.165, 1.54) is 0 Å². The van der Waals surface area contributed by atoms with Crippen LogP contribution in [0.3, 0.4) is 0 Å². The van der Waals surface area contributed by atoms with E-state index in [0.717, 1.165) is 16.7 Å². The number of benzene rings is 3. The minimum absolute atomic E-state index is 0.0527. The zero-order valence-electron chi connectivity index (χ0n) is 19.8. The van der Waals surface area contributed by atoms with Gasteiger partial charge in [0.05, 0.1) is 13.5 Å². The highest BCUT2D eigenvalue weighted by atomic mass is 35.5. The first-order chi connectivity index (χ1) is 16.4. The van der Waals surface area contributed by atoms with Gasteiger partial charge in [-0.3, -0.25) is 9.59 Å². The third kappa shape index (κ3) is 7.09. The Morgan fingerprint density at radius 1 is 0.941 bits per heavy atom. The molecule has 0 bridgehead atoms. The van der Waals surface area contributed by atoms with Gasteiger partial charge in [-0.1, -0.05) is 72.3 Å². The van der Waals surface area contributed by atoms with Gasteiger partial charge in [-0.2, -0.15) is 0 Å². The Hall–Kier alpha value is -3.31. The number of nitrogens with one attached hydrogen (secondary N) is 1. The zero-order valence-corrected chi connectivity index (χ0v) is 20.6. The number of ether oxygens (including phenoxy) is 1.